The summed E-state index contributed by atoms with van der Waals surface area (Å²) in [5.74, 6) is -0.747. The van der Waals surface area contributed by atoms with E-state index in [0.29, 0.717) is 0 Å². The number of aliphatic hydroxyl groups is 2. The first kappa shape index (κ1) is 29.8. The number of nitrogens with zero attached hydrogens (tertiary/aromatic N) is 3. The van der Waals surface area contributed by atoms with Crippen molar-refractivity contribution in [3.8, 4) is 0 Å². The number of carbonyl (C=O) groups is 1. The van der Waals surface area contributed by atoms with Gasteiger partial charge in [-0.1, -0.05) is 30.3 Å². The number of nitrogens with one attached hydrogen (secondary N) is 2. The van der Waals surface area contributed by atoms with Gasteiger partial charge >= 0.3 is 13.7 Å². The van der Waals surface area contributed by atoms with E-state index in [0.717, 1.165) is 5.56 Å². The molecule has 40 heavy (non-hydrogen) atoms. The summed E-state index contributed by atoms with van der Waals surface area (Å²) in [6.45, 7) is 5.22. The number of nitrogens with two attached hydrogens (primary N) is 1. The average molecular weight is 581 g/mol. The molecule has 0 amide bonds. The molecular weight excluding hydrogens is 547 g/mol. The minimum Gasteiger partial charge on any atom is -0.438 e. The standard InChI is InChI=1S/C24H33N6O9P/c1-23(2,3)21(33)36-13-38-40(35,27-10-14-8-6-5-7-9-14)37-11-15-17(31)24(4,34)20(39-15)30-12-26-16-18(30)28-22(25)29-19(16)32/h5-9,12,15,17,20,31,34H,10-11,13H2,1-4H3,(H,27,35)(H3,25,28,29,32)/t15-,17-,20?,24-,40?/m1/s1. The van der Waals surface area contributed by atoms with Crippen molar-refractivity contribution in [2.75, 3.05) is 19.1 Å². The molecular formula is C24H33N6O9P. The summed E-state index contributed by atoms with van der Waals surface area (Å²) in [6.07, 6.45) is -2.78. The molecule has 3 aromatic rings. The molecule has 218 valence electrons. The maximum Gasteiger partial charge on any atom is 0.408 e. The average Bonchev–Trinajstić information content (AvgIpc) is 3.40. The Bertz CT molecular complexity index is 1450. The third-order valence-corrected chi connectivity index (χ3v) is 7.69. The van der Waals surface area contributed by atoms with Crippen molar-refractivity contribution < 1.29 is 38.1 Å². The molecule has 4 rings (SSSR count). The highest BCUT2D eigenvalue weighted by atomic mass is 31.2. The van der Waals surface area contributed by atoms with E-state index in [2.05, 4.69) is 20.0 Å². The molecule has 1 aliphatic heterocycles. The number of aliphatic hydroxyl groups excluding tert-OH is 1. The monoisotopic (exact) mass is 580 g/mol. The third kappa shape index (κ3) is 6.41. The summed E-state index contributed by atoms with van der Waals surface area (Å²) in [7, 11) is -4.14. The van der Waals surface area contributed by atoms with Crippen LogP contribution < -0.4 is 16.4 Å². The van der Waals surface area contributed by atoms with Gasteiger partial charge in [0.25, 0.3) is 5.56 Å². The second kappa shape index (κ2) is 11.4. The zero-order valence-corrected chi connectivity index (χ0v) is 23.3. The van der Waals surface area contributed by atoms with Crippen LogP contribution in [-0.4, -0.2) is 66.9 Å². The summed E-state index contributed by atoms with van der Waals surface area (Å²) in [5, 5.41) is 24.7. The lowest BCUT2D eigenvalue weighted by Gasteiger charge is -2.27. The number of fused-ring (bicyclic) bond motifs is 1. The Morgan fingerprint density at radius 1 is 1.30 bits per heavy atom. The highest BCUT2D eigenvalue weighted by Gasteiger charge is 2.54. The number of rotatable bonds is 10. The zero-order chi connectivity index (χ0) is 29.3. The van der Waals surface area contributed by atoms with Crippen LogP contribution in [0.1, 0.15) is 39.5 Å². The van der Waals surface area contributed by atoms with Crippen molar-refractivity contribution in [2.45, 2.75) is 58.3 Å². The van der Waals surface area contributed by atoms with Gasteiger partial charge in [0.1, 0.15) is 17.8 Å². The molecule has 1 aliphatic rings. The highest BCUT2D eigenvalue weighted by Crippen LogP contribution is 2.46. The number of aromatic nitrogens is 4. The normalized spacial score (nSPS) is 24.7. The van der Waals surface area contributed by atoms with Gasteiger partial charge in [-0.2, -0.15) is 4.98 Å². The first-order valence-electron chi connectivity index (χ1n) is 12.3. The van der Waals surface area contributed by atoms with Crippen molar-refractivity contribution in [1.29, 1.82) is 0 Å². The number of nitrogen functional groups attached to an aromatic ring is 1. The molecule has 0 spiro atoms. The quantitative estimate of drug-likeness (QED) is 0.130. The van der Waals surface area contributed by atoms with Crippen molar-refractivity contribution >= 4 is 30.8 Å². The Balaban J connectivity index is 1.50. The fourth-order valence-corrected chi connectivity index (χ4v) is 5.11. The molecule has 1 aromatic carbocycles. The maximum atomic E-state index is 13.6. The number of benzene rings is 1. The zero-order valence-electron chi connectivity index (χ0n) is 22.4. The summed E-state index contributed by atoms with van der Waals surface area (Å²) in [6, 6.07) is 9.02. The minimum atomic E-state index is -4.14. The molecule has 2 aromatic heterocycles. The van der Waals surface area contributed by atoms with Crippen LogP contribution in [0, 0.1) is 5.41 Å². The van der Waals surface area contributed by atoms with Crippen LogP contribution in [0.2, 0.25) is 0 Å². The van der Waals surface area contributed by atoms with Gasteiger partial charge in [-0.05, 0) is 33.3 Å². The van der Waals surface area contributed by atoms with Crippen LogP contribution in [0.3, 0.4) is 0 Å². The Kier molecular flexibility index (Phi) is 8.47. The van der Waals surface area contributed by atoms with E-state index in [9.17, 15) is 24.4 Å². The van der Waals surface area contributed by atoms with Crippen molar-refractivity contribution in [1.82, 2.24) is 24.6 Å². The third-order valence-electron chi connectivity index (χ3n) is 6.21. The molecule has 0 bridgehead atoms. The van der Waals surface area contributed by atoms with E-state index >= 15 is 0 Å². The lowest BCUT2D eigenvalue weighted by Crippen LogP contribution is -2.44. The van der Waals surface area contributed by atoms with Crippen LogP contribution in [0.25, 0.3) is 11.2 Å². The van der Waals surface area contributed by atoms with Gasteiger partial charge in [0, 0.05) is 6.54 Å². The van der Waals surface area contributed by atoms with E-state index in [1.165, 1.54) is 17.8 Å². The first-order chi connectivity index (χ1) is 18.7. The Morgan fingerprint density at radius 3 is 2.67 bits per heavy atom. The highest BCUT2D eigenvalue weighted by molar-refractivity contribution is 7.51. The predicted octanol–water partition coefficient (Wildman–Crippen LogP) is 1.19. The van der Waals surface area contributed by atoms with Crippen molar-refractivity contribution in [3.05, 3.63) is 52.6 Å². The Labute approximate surface area is 229 Å². The Morgan fingerprint density at radius 2 is 2.00 bits per heavy atom. The van der Waals surface area contributed by atoms with Gasteiger partial charge in [0.15, 0.2) is 17.4 Å². The van der Waals surface area contributed by atoms with Gasteiger partial charge in [-0.3, -0.25) is 28.2 Å². The molecule has 1 fully saturated rings. The van der Waals surface area contributed by atoms with Crippen molar-refractivity contribution in [3.63, 3.8) is 0 Å². The molecule has 5 atom stereocenters. The molecule has 2 unspecified atom stereocenters. The number of aromatic amines is 1. The summed E-state index contributed by atoms with van der Waals surface area (Å²) in [5.41, 5.74) is 3.10. The van der Waals surface area contributed by atoms with E-state index in [-0.39, 0.29) is 23.7 Å². The lowest BCUT2D eigenvalue weighted by atomic mass is 9.96. The number of esters is 1. The number of H-pyrrole nitrogens is 1. The van der Waals surface area contributed by atoms with E-state index in [1.54, 1.807) is 45.0 Å². The molecule has 0 aliphatic carbocycles. The van der Waals surface area contributed by atoms with Gasteiger partial charge in [0.2, 0.25) is 12.7 Å². The van der Waals surface area contributed by atoms with E-state index in [4.69, 9.17) is 24.3 Å². The minimum absolute atomic E-state index is 0.0273. The molecule has 0 saturated carbocycles. The lowest BCUT2D eigenvalue weighted by molar-refractivity contribution is -0.160. The van der Waals surface area contributed by atoms with Gasteiger partial charge < -0.3 is 25.4 Å². The number of hydrogen-bond acceptors (Lipinski definition) is 12. The molecule has 15 nitrogen and oxygen atoms in total. The fourth-order valence-electron chi connectivity index (χ4n) is 3.94. The smallest absolute Gasteiger partial charge is 0.408 e. The van der Waals surface area contributed by atoms with Gasteiger partial charge in [0.05, 0.1) is 18.3 Å². The number of hydrogen-bond donors (Lipinski definition) is 5. The second-order valence-corrected chi connectivity index (χ2v) is 12.3. The van der Waals surface area contributed by atoms with Crippen LogP contribution in [-0.2, 0) is 34.4 Å². The summed E-state index contributed by atoms with van der Waals surface area (Å²) < 4.78 is 36.7. The fraction of sp³-hybridized carbons (Fsp3) is 0.500. The van der Waals surface area contributed by atoms with Crippen LogP contribution in [0.4, 0.5) is 5.95 Å². The molecule has 6 N–H and O–H groups in total. The summed E-state index contributed by atoms with van der Waals surface area (Å²) >= 11 is 0. The van der Waals surface area contributed by atoms with Crippen LogP contribution >= 0.6 is 7.75 Å². The molecule has 1 saturated heterocycles. The van der Waals surface area contributed by atoms with Gasteiger partial charge in [-0.25, -0.2) is 14.6 Å². The SMILES string of the molecule is CC(C)(C)C(=O)OCOP(=O)(NCc1ccccc1)OC[C@H]1OC(n2cnc3c(=O)[nH]c(N)nc32)[C@](C)(O)[C@@H]1O. The largest absolute Gasteiger partial charge is 0.438 e. The maximum absolute atomic E-state index is 13.6. The van der Waals surface area contributed by atoms with Crippen LogP contribution in [0.15, 0.2) is 41.5 Å². The van der Waals surface area contributed by atoms with E-state index < -0.39 is 62.1 Å². The number of carbonyl (C=O) groups excluding carboxylic acids is 1. The van der Waals surface area contributed by atoms with Gasteiger partial charge in [-0.15, -0.1) is 0 Å². The van der Waals surface area contributed by atoms with Crippen molar-refractivity contribution in [2.24, 2.45) is 5.41 Å². The van der Waals surface area contributed by atoms with E-state index in [1.807, 2.05) is 6.07 Å². The van der Waals surface area contributed by atoms with Crippen LogP contribution in [0.5, 0.6) is 0 Å². The molecule has 0 radical (unpaired) electrons. The first-order valence-corrected chi connectivity index (χ1v) is 13.9. The Hall–Kier alpha value is -3.17. The number of anilines is 1. The number of imidazole rings is 1. The molecule has 16 heteroatoms. The number of ether oxygens (including phenoxy) is 2. The summed E-state index contributed by atoms with van der Waals surface area (Å²) in [4.78, 5) is 34.7. The second-order valence-electron chi connectivity index (χ2n) is 10.5. The predicted molar refractivity (Wildman–Crippen MR) is 141 cm³/mol. The molecule has 3 heterocycles. The topological polar surface area (TPSA) is 213 Å².